The first-order valence-electron chi connectivity index (χ1n) is 5.58. The molecule has 92 valence electrons. The van der Waals surface area contributed by atoms with Crippen LogP contribution in [0.3, 0.4) is 0 Å². The van der Waals surface area contributed by atoms with E-state index >= 15 is 0 Å². The highest BCUT2D eigenvalue weighted by atomic mass is 19.4. The van der Waals surface area contributed by atoms with Crippen LogP contribution in [0.2, 0.25) is 0 Å². The van der Waals surface area contributed by atoms with Gasteiger partial charge in [-0.1, -0.05) is 20.3 Å². The van der Waals surface area contributed by atoms with E-state index in [9.17, 15) is 18.0 Å². The highest BCUT2D eigenvalue weighted by molar-refractivity contribution is 5.82. The Hall–Kier alpha value is -0.740. The van der Waals surface area contributed by atoms with Crippen molar-refractivity contribution in [1.82, 2.24) is 5.32 Å². The van der Waals surface area contributed by atoms with E-state index in [1.54, 1.807) is 0 Å². The molecule has 0 spiro atoms. The van der Waals surface area contributed by atoms with Gasteiger partial charge in [-0.25, -0.2) is 0 Å². The van der Waals surface area contributed by atoms with Gasteiger partial charge in [0.25, 0.3) is 0 Å². The monoisotopic (exact) mass is 235 g/mol. The van der Waals surface area contributed by atoms with Crippen molar-refractivity contribution in [2.75, 3.05) is 0 Å². The number of amides is 1. The number of fused-ring (bicyclic) bond motifs is 2. The van der Waals surface area contributed by atoms with E-state index in [4.69, 9.17) is 0 Å². The van der Waals surface area contributed by atoms with Crippen molar-refractivity contribution in [3.8, 4) is 0 Å². The third-order valence-electron chi connectivity index (χ3n) is 4.62. The van der Waals surface area contributed by atoms with Crippen LogP contribution in [0.1, 0.15) is 39.5 Å². The maximum atomic E-state index is 12.2. The fraction of sp³-hybridized carbons (Fsp3) is 0.909. The molecule has 1 amide bonds. The van der Waals surface area contributed by atoms with Gasteiger partial charge in [-0.3, -0.25) is 4.79 Å². The number of hydrogen-bond donors (Lipinski definition) is 1. The van der Waals surface area contributed by atoms with Gasteiger partial charge in [0, 0.05) is 5.54 Å². The fourth-order valence-electron chi connectivity index (χ4n) is 3.30. The quantitative estimate of drug-likeness (QED) is 0.743. The van der Waals surface area contributed by atoms with Crippen LogP contribution in [0.4, 0.5) is 13.2 Å². The summed E-state index contributed by atoms with van der Waals surface area (Å²) in [7, 11) is 0. The van der Waals surface area contributed by atoms with Crippen LogP contribution in [0.15, 0.2) is 0 Å². The van der Waals surface area contributed by atoms with Gasteiger partial charge in [0.05, 0.1) is 0 Å². The Morgan fingerprint density at radius 1 is 1.38 bits per heavy atom. The summed E-state index contributed by atoms with van der Waals surface area (Å²) in [4.78, 5) is 11.0. The first-order valence-corrected chi connectivity index (χ1v) is 5.58. The lowest BCUT2D eigenvalue weighted by Gasteiger charge is -2.65. The molecule has 2 unspecified atom stereocenters. The van der Waals surface area contributed by atoms with E-state index in [1.807, 2.05) is 13.8 Å². The number of hydrogen-bond acceptors (Lipinski definition) is 1. The standard InChI is InChI=1S/C11H16F3NO/c1-9(2)7-4-3-5-10(9,6-7)15-8(16)11(12,13)14/h7H,3-6H2,1-2H3,(H,15,16). The molecule has 0 radical (unpaired) electrons. The lowest BCUT2D eigenvalue weighted by Crippen LogP contribution is -2.72. The molecule has 3 aliphatic rings. The molecule has 0 aromatic rings. The fourth-order valence-corrected chi connectivity index (χ4v) is 3.30. The molecule has 0 aromatic carbocycles. The zero-order chi connectivity index (χ0) is 12.2. The zero-order valence-electron chi connectivity index (χ0n) is 9.45. The second kappa shape index (κ2) is 3.14. The van der Waals surface area contributed by atoms with Crippen LogP contribution in [-0.2, 0) is 4.79 Å². The number of halogens is 3. The van der Waals surface area contributed by atoms with E-state index in [-0.39, 0.29) is 5.41 Å². The van der Waals surface area contributed by atoms with E-state index < -0.39 is 17.6 Å². The van der Waals surface area contributed by atoms with Crippen LogP contribution in [-0.4, -0.2) is 17.6 Å². The first kappa shape index (κ1) is 11.7. The lowest BCUT2D eigenvalue weighted by atomic mass is 9.44. The van der Waals surface area contributed by atoms with E-state index in [0.717, 1.165) is 12.8 Å². The largest absolute Gasteiger partial charge is 0.471 e. The molecule has 2 nitrogen and oxygen atoms in total. The molecule has 3 fully saturated rings. The van der Waals surface area contributed by atoms with Crippen molar-refractivity contribution >= 4 is 5.91 Å². The normalized spacial score (nSPS) is 36.4. The summed E-state index contributed by atoms with van der Waals surface area (Å²) in [5.41, 5.74) is -0.825. The highest BCUT2D eigenvalue weighted by Crippen LogP contribution is 2.61. The summed E-state index contributed by atoms with van der Waals surface area (Å²) >= 11 is 0. The van der Waals surface area contributed by atoms with Gasteiger partial charge in [-0.2, -0.15) is 13.2 Å². The summed E-state index contributed by atoms with van der Waals surface area (Å²) in [6.07, 6.45) is -1.43. The first-order chi connectivity index (χ1) is 7.19. The minimum Gasteiger partial charge on any atom is -0.342 e. The van der Waals surface area contributed by atoms with Crippen LogP contribution in [0.25, 0.3) is 0 Å². The molecule has 2 bridgehead atoms. The Kier molecular flexibility index (Phi) is 2.30. The van der Waals surface area contributed by atoms with Crippen molar-refractivity contribution in [3.63, 3.8) is 0 Å². The molecule has 3 rings (SSSR count). The Morgan fingerprint density at radius 2 is 2.00 bits per heavy atom. The van der Waals surface area contributed by atoms with Gasteiger partial charge in [-0.05, 0) is 30.6 Å². The number of alkyl halides is 3. The molecule has 0 aliphatic heterocycles. The molecule has 1 N–H and O–H groups in total. The maximum Gasteiger partial charge on any atom is 0.471 e. The van der Waals surface area contributed by atoms with Crippen molar-refractivity contribution in [2.45, 2.75) is 51.2 Å². The van der Waals surface area contributed by atoms with Crippen LogP contribution in [0, 0.1) is 11.3 Å². The summed E-state index contributed by atoms with van der Waals surface area (Å²) in [6.45, 7) is 3.91. The highest BCUT2D eigenvalue weighted by Gasteiger charge is 2.63. The second-order valence-electron chi connectivity index (χ2n) is 5.55. The van der Waals surface area contributed by atoms with Gasteiger partial charge in [0.15, 0.2) is 0 Å². The van der Waals surface area contributed by atoms with Gasteiger partial charge in [0.1, 0.15) is 0 Å². The molecular weight excluding hydrogens is 219 g/mol. The molecule has 2 atom stereocenters. The SMILES string of the molecule is CC1(C)C2CCCC1(NC(=O)C(F)(F)F)C2. The molecule has 16 heavy (non-hydrogen) atoms. The van der Waals surface area contributed by atoms with Crippen molar-refractivity contribution in [3.05, 3.63) is 0 Å². The summed E-state index contributed by atoms with van der Waals surface area (Å²) < 4.78 is 36.7. The third kappa shape index (κ3) is 1.44. The van der Waals surface area contributed by atoms with Crippen LogP contribution >= 0.6 is 0 Å². The third-order valence-corrected chi connectivity index (χ3v) is 4.62. The predicted octanol–water partition coefficient (Wildman–Crippen LogP) is 2.63. The van der Waals surface area contributed by atoms with Crippen molar-refractivity contribution < 1.29 is 18.0 Å². The average Bonchev–Trinajstić information content (AvgIpc) is 2.16. The molecule has 0 aromatic heterocycles. The summed E-state index contributed by atoms with van der Waals surface area (Å²) in [5, 5.41) is 2.23. The second-order valence-corrected chi connectivity index (χ2v) is 5.55. The van der Waals surface area contributed by atoms with Crippen LogP contribution in [0.5, 0.6) is 0 Å². The Morgan fingerprint density at radius 3 is 2.44 bits per heavy atom. The molecule has 0 saturated heterocycles. The van der Waals surface area contributed by atoms with E-state index in [1.165, 1.54) is 0 Å². The zero-order valence-corrected chi connectivity index (χ0v) is 9.45. The minimum atomic E-state index is -4.77. The maximum absolute atomic E-state index is 12.2. The smallest absolute Gasteiger partial charge is 0.342 e. The Labute approximate surface area is 92.6 Å². The lowest BCUT2D eigenvalue weighted by molar-refractivity contribution is -0.187. The van der Waals surface area contributed by atoms with Crippen LogP contribution < -0.4 is 5.32 Å². The van der Waals surface area contributed by atoms with E-state index in [2.05, 4.69) is 5.32 Å². The number of nitrogens with one attached hydrogen (secondary N) is 1. The summed E-state index contributed by atoms with van der Waals surface area (Å²) in [6, 6.07) is 0. The summed E-state index contributed by atoms with van der Waals surface area (Å²) in [5.74, 6) is -1.34. The Bertz CT molecular complexity index is 320. The van der Waals surface area contributed by atoms with Gasteiger partial charge < -0.3 is 5.32 Å². The van der Waals surface area contributed by atoms with Gasteiger partial charge in [0.2, 0.25) is 0 Å². The van der Waals surface area contributed by atoms with Gasteiger partial charge in [-0.15, -0.1) is 0 Å². The number of carbonyl (C=O) groups is 1. The number of carbonyl (C=O) groups excluding carboxylic acids is 1. The van der Waals surface area contributed by atoms with Gasteiger partial charge >= 0.3 is 12.1 Å². The van der Waals surface area contributed by atoms with Crippen molar-refractivity contribution in [2.24, 2.45) is 11.3 Å². The predicted molar refractivity (Wildman–Crippen MR) is 52.7 cm³/mol. The molecule has 0 heterocycles. The molecule has 5 heteroatoms. The Balaban J connectivity index is 2.13. The average molecular weight is 235 g/mol. The molecular formula is C11H16F3NO. The van der Waals surface area contributed by atoms with Crippen molar-refractivity contribution in [1.29, 1.82) is 0 Å². The molecule has 3 aliphatic carbocycles. The van der Waals surface area contributed by atoms with E-state index in [0.29, 0.717) is 18.8 Å². The molecule has 3 saturated carbocycles. The topological polar surface area (TPSA) is 29.1 Å². The minimum absolute atomic E-state index is 0.202. The number of rotatable bonds is 1.